The number of anilines is 1. The highest BCUT2D eigenvalue weighted by atomic mass is 35.5. The summed E-state index contributed by atoms with van der Waals surface area (Å²) in [5.41, 5.74) is 0. The fourth-order valence-corrected chi connectivity index (χ4v) is 3.63. The average Bonchev–Trinajstić information content (AvgIpc) is 2.75. The topological polar surface area (TPSA) is 37.8 Å². The zero-order chi connectivity index (χ0) is 12.1. The Hall–Kier alpha value is -0.260. The molecule has 1 aliphatic carbocycles. The molecule has 0 spiro atoms. The molecule has 1 aromatic heterocycles. The molecular weight excluding hydrogens is 274 g/mol. The largest absolute Gasteiger partial charge is 0.357 e. The van der Waals surface area contributed by atoms with Crippen LogP contribution in [0.2, 0.25) is 0 Å². The summed E-state index contributed by atoms with van der Waals surface area (Å²) in [6.45, 7) is 3.66. The summed E-state index contributed by atoms with van der Waals surface area (Å²) in [6.07, 6.45) is 6.52. The molecular formula is C11H16ClN3S2. The summed E-state index contributed by atoms with van der Waals surface area (Å²) in [6, 6.07) is 0.581. The standard InChI is InChI=1S/C11H16ClN3S2/c1-8(12)7-16-11-15-14-10(17-11)13-9-5-3-2-4-6-9/h9H,1-7H2,(H,13,14). The molecule has 0 unspecified atom stereocenters. The fourth-order valence-electron chi connectivity index (χ4n) is 1.89. The van der Waals surface area contributed by atoms with Crippen LogP contribution in [0.5, 0.6) is 0 Å². The van der Waals surface area contributed by atoms with Crippen molar-refractivity contribution in [3.63, 3.8) is 0 Å². The number of thioether (sulfide) groups is 1. The van der Waals surface area contributed by atoms with Gasteiger partial charge in [-0.25, -0.2) is 0 Å². The Morgan fingerprint density at radius 3 is 2.88 bits per heavy atom. The third kappa shape index (κ3) is 4.48. The van der Waals surface area contributed by atoms with E-state index in [1.807, 2.05) is 0 Å². The van der Waals surface area contributed by atoms with Gasteiger partial charge in [0.1, 0.15) is 0 Å². The molecule has 1 aliphatic rings. The van der Waals surface area contributed by atoms with Gasteiger partial charge in [-0.3, -0.25) is 0 Å². The number of nitrogens with zero attached hydrogens (tertiary/aromatic N) is 2. The predicted molar refractivity (Wildman–Crippen MR) is 76.1 cm³/mol. The molecule has 0 atom stereocenters. The van der Waals surface area contributed by atoms with Gasteiger partial charge in [-0.15, -0.1) is 10.2 Å². The number of hydrogen-bond acceptors (Lipinski definition) is 5. The first kappa shape index (κ1) is 13.2. The Balaban J connectivity index is 1.82. The van der Waals surface area contributed by atoms with Crippen molar-refractivity contribution in [3.8, 4) is 0 Å². The Bertz CT molecular complexity index is 375. The van der Waals surface area contributed by atoms with E-state index in [4.69, 9.17) is 11.6 Å². The van der Waals surface area contributed by atoms with Gasteiger partial charge in [0.25, 0.3) is 0 Å². The van der Waals surface area contributed by atoms with Crippen molar-refractivity contribution in [1.82, 2.24) is 10.2 Å². The van der Waals surface area contributed by atoms with Crippen LogP contribution in [0.1, 0.15) is 32.1 Å². The van der Waals surface area contributed by atoms with E-state index >= 15 is 0 Å². The molecule has 0 aliphatic heterocycles. The maximum absolute atomic E-state index is 5.72. The molecule has 0 saturated heterocycles. The zero-order valence-electron chi connectivity index (χ0n) is 9.62. The third-order valence-electron chi connectivity index (χ3n) is 2.69. The van der Waals surface area contributed by atoms with Crippen LogP contribution in [-0.2, 0) is 0 Å². The minimum absolute atomic E-state index is 0.581. The number of rotatable bonds is 5. The minimum atomic E-state index is 0.581. The summed E-state index contributed by atoms with van der Waals surface area (Å²) in [5, 5.41) is 13.3. The van der Waals surface area contributed by atoms with Gasteiger partial charge < -0.3 is 5.32 Å². The Labute approximate surface area is 115 Å². The molecule has 0 amide bonds. The van der Waals surface area contributed by atoms with Crippen LogP contribution in [0.15, 0.2) is 16.0 Å². The molecule has 1 saturated carbocycles. The second-order valence-electron chi connectivity index (χ2n) is 4.16. The number of halogens is 1. The van der Waals surface area contributed by atoms with Crippen LogP contribution in [-0.4, -0.2) is 22.0 Å². The van der Waals surface area contributed by atoms with Gasteiger partial charge in [0.05, 0.1) is 0 Å². The maximum atomic E-state index is 5.72. The maximum Gasteiger partial charge on any atom is 0.206 e. The summed E-state index contributed by atoms with van der Waals surface area (Å²) in [5.74, 6) is 0.694. The van der Waals surface area contributed by atoms with Crippen molar-refractivity contribution in [1.29, 1.82) is 0 Å². The summed E-state index contributed by atoms with van der Waals surface area (Å²) in [4.78, 5) is 0. The lowest BCUT2D eigenvalue weighted by molar-refractivity contribution is 0.462. The van der Waals surface area contributed by atoms with E-state index in [1.54, 1.807) is 23.1 Å². The second-order valence-corrected chi connectivity index (χ2v) is 6.89. The highest BCUT2D eigenvalue weighted by Gasteiger charge is 2.15. The Morgan fingerprint density at radius 2 is 2.18 bits per heavy atom. The zero-order valence-corrected chi connectivity index (χ0v) is 12.0. The lowest BCUT2D eigenvalue weighted by Gasteiger charge is -2.21. The first-order valence-electron chi connectivity index (χ1n) is 5.80. The van der Waals surface area contributed by atoms with Crippen LogP contribution in [0.4, 0.5) is 5.13 Å². The smallest absolute Gasteiger partial charge is 0.206 e. The predicted octanol–water partition coefficient (Wildman–Crippen LogP) is 4.13. The van der Waals surface area contributed by atoms with E-state index in [1.165, 1.54) is 32.1 Å². The van der Waals surface area contributed by atoms with Crippen LogP contribution >= 0.6 is 34.7 Å². The summed E-state index contributed by atoms with van der Waals surface area (Å²) in [7, 11) is 0. The molecule has 6 heteroatoms. The van der Waals surface area contributed by atoms with Gasteiger partial charge in [0.2, 0.25) is 5.13 Å². The summed E-state index contributed by atoms with van der Waals surface area (Å²) < 4.78 is 0.949. The van der Waals surface area contributed by atoms with Crippen LogP contribution in [0.3, 0.4) is 0 Å². The van der Waals surface area contributed by atoms with Gasteiger partial charge in [0, 0.05) is 16.8 Å². The van der Waals surface area contributed by atoms with Gasteiger partial charge in [-0.2, -0.15) is 0 Å². The van der Waals surface area contributed by atoms with E-state index in [9.17, 15) is 0 Å². The molecule has 0 aromatic carbocycles. The SMILES string of the molecule is C=C(Cl)CSc1nnc(NC2CCCCC2)s1. The summed E-state index contributed by atoms with van der Waals surface area (Å²) >= 11 is 8.90. The molecule has 2 rings (SSSR count). The van der Waals surface area contributed by atoms with Crippen molar-refractivity contribution in [2.24, 2.45) is 0 Å². The van der Waals surface area contributed by atoms with Crippen molar-refractivity contribution in [3.05, 3.63) is 11.6 Å². The highest BCUT2D eigenvalue weighted by molar-refractivity contribution is 8.01. The van der Waals surface area contributed by atoms with Gasteiger partial charge in [-0.1, -0.05) is 60.5 Å². The number of aromatic nitrogens is 2. The van der Waals surface area contributed by atoms with Crippen LogP contribution in [0.25, 0.3) is 0 Å². The van der Waals surface area contributed by atoms with E-state index < -0.39 is 0 Å². The molecule has 0 bridgehead atoms. The van der Waals surface area contributed by atoms with Crippen LogP contribution < -0.4 is 5.32 Å². The monoisotopic (exact) mass is 289 g/mol. The van der Waals surface area contributed by atoms with Crippen molar-refractivity contribution in [2.75, 3.05) is 11.1 Å². The van der Waals surface area contributed by atoms with E-state index in [0.29, 0.717) is 16.8 Å². The normalized spacial score (nSPS) is 17.0. The molecule has 1 fully saturated rings. The number of nitrogens with one attached hydrogen (secondary N) is 1. The molecule has 1 heterocycles. The van der Waals surface area contributed by atoms with Crippen molar-refractivity contribution in [2.45, 2.75) is 42.5 Å². The lowest BCUT2D eigenvalue weighted by Crippen LogP contribution is -2.21. The quantitative estimate of drug-likeness (QED) is 0.827. The van der Waals surface area contributed by atoms with Gasteiger partial charge in [0.15, 0.2) is 4.34 Å². The number of hydrogen-bond donors (Lipinski definition) is 1. The average molecular weight is 290 g/mol. The third-order valence-corrected chi connectivity index (χ3v) is 5.06. The molecule has 1 aromatic rings. The molecule has 3 nitrogen and oxygen atoms in total. The first-order chi connectivity index (χ1) is 8.24. The van der Waals surface area contributed by atoms with E-state index in [0.717, 1.165) is 9.47 Å². The minimum Gasteiger partial charge on any atom is -0.357 e. The first-order valence-corrected chi connectivity index (χ1v) is 7.98. The van der Waals surface area contributed by atoms with Crippen molar-refractivity contribution >= 4 is 39.8 Å². The molecule has 1 N–H and O–H groups in total. The fraction of sp³-hybridized carbons (Fsp3) is 0.636. The molecule has 17 heavy (non-hydrogen) atoms. The van der Waals surface area contributed by atoms with Crippen LogP contribution in [0, 0.1) is 0 Å². The second kappa shape index (κ2) is 6.61. The van der Waals surface area contributed by atoms with Crippen molar-refractivity contribution < 1.29 is 0 Å². The molecule has 0 radical (unpaired) electrons. The molecule has 94 valence electrons. The van der Waals surface area contributed by atoms with E-state index in [-0.39, 0.29) is 0 Å². The Morgan fingerprint density at radius 1 is 1.41 bits per heavy atom. The highest BCUT2D eigenvalue weighted by Crippen LogP contribution is 2.29. The van der Waals surface area contributed by atoms with Gasteiger partial charge >= 0.3 is 0 Å². The lowest BCUT2D eigenvalue weighted by atomic mass is 9.96. The van der Waals surface area contributed by atoms with Gasteiger partial charge in [-0.05, 0) is 12.8 Å². The van der Waals surface area contributed by atoms with E-state index in [2.05, 4.69) is 22.1 Å². The Kier molecular flexibility index (Phi) is 5.13.